The molecule has 13 heavy (non-hydrogen) atoms. The van der Waals surface area contributed by atoms with Crippen molar-refractivity contribution in [2.75, 3.05) is 17.3 Å². The van der Waals surface area contributed by atoms with Crippen molar-refractivity contribution in [1.82, 2.24) is 0 Å². The third-order valence-electron chi connectivity index (χ3n) is 2.89. The van der Waals surface area contributed by atoms with Gasteiger partial charge in [0.25, 0.3) is 0 Å². The quantitative estimate of drug-likeness (QED) is 0.471. The summed E-state index contributed by atoms with van der Waals surface area (Å²) >= 11 is 6.58. The Bertz CT molecular complexity index is 100. The summed E-state index contributed by atoms with van der Waals surface area (Å²) in [7, 11) is 0. The number of thioether (sulfide) groups is 1. The van der Waals surface area contributed by atoms with E-state index in [4.69, 9.17) is 0 Å². The number of thiol groups is 1. The number of unbranched alkanes of at least 4 members (excludes halogenated alkanes) is 1. The maximum absolute atomic E-state index is 4.47. The van der Waals surface area contributed by atoms with Crippen LogP contribution in [0.5, 0.6) is 0 Å². The van der Waals surface area contributed by atoms with Crippen LogP contribution in [0, 0.1) is 5.41 Å². The lowest BCUT2D eigenvalue weighted by Crippen LogP contribution is -2.24. The normalized spacial score (nSPS) is 12.0. The summed E-state index contributed by atoms with van der Waals surface area (Å²) in [6.07, 6.45) is 5.22. The maximum atomic E-state index is 4.47. The van der Waals surface area contributed by atoms with Crippen molar-refractivity contribution in [2.24, 2.45) is 5.41 Å². The van der Waals surface area contributed by atoms with Gasteiger partial charge in [-0.05, 0) is 41.9 Å². The molecule has 0 rings (SSSR count). The van der Waals surface area contributed by atoms with Crippen molar-refractivity contribution < 1.29 is 0 Å². The highest BCUT2D eigenvalue weighted by atomic mass is 32.2. The van der Waals surface area contributed by atoms with Crippen LogP contribution in [0.3, 0.4) is 0 Å². The van der Waals surface area contributed by atoms with E-state index in [1.165, 1.54) is 37.2 Å². The molecule has 0 aliphatic rings. The van der Waals surface area contributed by atoms with Gasteiger partial charge in [0.05, 0.1) is 0 Å². The van der Waals surface area contributed by atoms with Crippen LogP contribution in [0.1, 0.15) is 46.5 Å². The molecular weight excluding hydrogens is 196 g/mol. The van der Waals surface area contributed by atoms with Crippen LogP contribution in [-0.2, 0) is 0 Å². The van der Waals surface area contributed by atoms with Gasteiger partial charge in [-0.1, -0.05) is 27.2 Å². The first kappa shape index (κ1) is 13.7. The first-order valence-electron chi connectivity index (χ1n) is 5.43. The zero-order valence-corrected chi connectivity index (χ0v) is 11.0. The molecule has 0 N–H and O–H groups in total. The van der Waals surface area contributed by atoms with Crippen molar-refractivity contribution in [3.05, 3.63) is 0 Å². The molecule has 0 unspecified atom stereocenters. The summed E-state index contributed by atoms with van der Waals surface area (Å²) in [5, 5.41) is 0. The second-order valence-electron chi connectivity index (χ2n) is 3.77. The Kier molecular flexibility index (Phi) is 8.48. The Morgan fingerprint density at radius 1 is 1.15 bits per heavy atom. The van der Waals surface area contributed by atoms with E-state index in [0.717, 1.165) is 5.75 Å². The molecule has 0 aliphatic heterocycles. The molecule has 0 atom stereocenters. The second kappa shape index (κ2) is 8.05. The lowest BCUT2D eigenvalue weighted by atomic mass is 9.87. The lowest BCUT2D eigenvalue weighted by Gasteiger charge is -2.29. The molecule has 0 nitrogen and oxygen atoms in total. The van der Waals surface area contributed by atoms with Gasteiger partial charge in [-0.2, -0.15) is 24.4 Å². The van der Waals surface area contributed by atoms with Gasteiger partial charge in [-0.15, -0.1) is 0 Å². The van der Waals surface area contributed by atoms with Crippen LogP contribution in [-0.4, -0.2) is 17.3 Å². The molecule has 0 saturated carbocycles. The Labute approximate surface area is 93.7 Å². The van der Waals surface area contributed by atoms with Crippen molar-refractivity contribution in [3.8, 4) is 0 Å². The maximum Gasteiger partial charge on any atom is -0.000320 e. The van der Waals surface area contributed by atoms with E-state index >= 15 is 0 Å². The van der Waals surface area contributed by atoms with Gasteiger partial charge in [0.15, 0.2) is 0 Å². The fourth-order valence-electron chi connectivity index (χ4n) is 1.26. The first-order valence-corrected chi connectivity index (χ1v) is 7.22. The highest BCUT2D eigenvalue weighted by Crippen LogP contribution is 2.32. The molecule has 0 amide bonds. The minimum atomic E-state index is 0.502. The van der Waals surface area contributed by atoms with E-state index in [-0.39, 0.29) is 0 Å². The topological polar surface area (TPSA) is 0 Å². The van der Waals surface area contributed by atoms with Crippen molar-refractivity contribution in [2.45, 2.75) is 46.5 Å². The first-order chi connectivity index (χ1) is 6.24. The minimum Gasteiger partial charge on any atom is -0.179 e. The van der Waals surface area contributed by atoms with Gasteiger partial charge in [-0.25, -0.2) is 0 Å². The Balaban J connectivity index is 3.68. The predicted molar refractivity (Wildman–Crippen MR) is 69.1 cm³/mol. The molecule has 0 aromatic carbocycles. The van der Waals surface area contributed by atoms with Crippen molar-refractivity contribution >= 4 is 24.4 Å². The lowest BCUT2D eigenvalue weighted by molar-refractivity contribution is 0.357. The van der Waals surface area contributed by atoms with Crippen molar-refractivity contribution in [1.29, 1.82) is 0 Å². The van der Waals surface area contributed by atoms with E-state index < -0.39 is 0 Å². The van der Waals surface area contributed by atoms with E-state index in [0.29, 0.717) is 5.41 Å². The van der Waals surface area contributed by atoms with Crippen LogP contribution in [0.15, 0.2) is 0 Å². The largest absolute Gasteiger partial charge is 0.179 e. The zero-order chi connectivity index (χ0) is 10.2. The molecule has 0 bridgehead atoms. The Morgan fingerprint density at radius 2 is 1.77 bits per heavy atom. The summed E-state index contributed by atoms with van der Waals surface area (Å²) in [5.74, 6) is 3.66. The van der Waals surface area contributed by atoms with Crippen LogP contribution in [0.25, 0.3) is 0 Å². The summed E-state index contributed by atoms with van der Waals surface area (Å²) in [6.45, 7) is 6.84. The highest BCUT2D eigenvalue weighted by Gasteiger charge is 2.23. The molecule has 2 heteroatoms. The summed E-state index contributed by atoms with van der Waals surface area (Å²) in [5.41, 5.74) is 0.502. The highest BCUT2D eigenvalue weighted by molar-refractivity contribution is 7.99. The number of rotatable bonds is 8. The summed E-state index contributed by atoms with van der Waals surface area (Å²) < 4.78 is 0. The summed E-state index contributed by atoms with van der Waals surface area (Å²) in [6, 6.07) is 0. The molecule has 0 aromatic rings. The van der Waals surface area contributed by atoms with E-state index in [9.17, 15) is 0 Å². The van der Waals surface area contributed by atoms with E-state index in [1.54, 1.807) is 0 Å². The average molecular weight is 220 g/mol. The summed E-state index contributed by atoms with van der Waals surface area (Å²) in [4.78, 5) is 0. The van der Waals surface area contributed by atoms with Gasteiger partial charge in [0.1, 0.15) is 0 Å². The SMILES string of the molecule is CCCCSCC(CC)(CC)CS. The van der Waals surface area contributed by atoms with Gasteiger partial charge in [0, 0.05) is 0 Å². The smallest absolute Gasteiger partial charge is 0.000320 e. The van der Waals surface area contributed by atoms with Gasteiger partial charge < -0.3 is 0 Å². The molecule has 0 fully saturated rings. The average Bonchev–Trinajstić information content (AvgIpc) is 2.20. The monoisotopic (exact) mass is 220 g/mol. The third kappa shape index (κ3) is 5.21. The van der Waals surface area contributed by atoms with E-state index in [2.05, 4.69) is 45.2 Å². The molecule has 0 aliphatic carbocycles. The Hall–Kier alpha value is 0.700. The molecule has 0 aromatic heterocycles. The minimum absolute atomic E-state index is 0.502. The molecule has 0 radical (unpaired) electrons. The fraction of sp³-hybridized carbons (Fsp3) is 1.00. The molecule has 0 saturated heterocycles. The number of hydrogen-bond acceptors (Lipinski definition) is 2. The van der Waals surface area contributed by atoms with Gasteiger partial charge in [-0.3, -0.25) is 0 Å². The van der Waals surface area contributed by atoms with E-state index in [1.807, 2.05) is 0 Å². The molecule has 0 spiro atoms. The molecule has 80 valence electrons. The number of hydrogen-bond donors (Lipinski definition) is 1. The molecule has 0 heterocycles. The zero-order valence-electron chi connectivity index (χ0n) is 9.31. The molecular formula is C11H24S2. The van der Waals surface area contributed by atoms with Crippen LogP contribution < -0.4 is 0 Å². The fourth-order valence-corrected chi connectivity index (χ4v) is 3.55. The predicted octanol–water partition coefficient (Wildman–Crippen LogP) is 4.26. The standard InChI is InChI=1S/C11H24S2/c1-4-7-8-13-10-11(5-2,6-3)9-12/h12H,4-10H2,1-3H3. The van der Waals surface area contributed by atoms with Crippen LogP contribution in [0.4, 0.5) is 0 Å². The van der Waals surface area contributed by atoms with Gasteiger partial charge >= 0.3 is 0 Å². The van der Waals surface area contributed by atoms with Crippen LogP contribution >= 0.6 is 24.4 Å². The van der Waals surface area contributed by atoms with Crippen molar-refractivity contribution in [3.63, 3.8) is 0 Å². The van der Waals surface area contributed by atoms with Crippen LogP contribution in [0.2, 0.25) is 0 Å². The second-order valence-corrected chi connectivity index (χ2v) is 5.19. The Morgan fingerprint density at radius 3 is 2.15 bits per heavy atom. The third-order valence-corrected chi connectivity index (χ3v) is 4.95. The van der Waals surface area contributed by atoms with Gasteiger partial charge in [0.2, 0.25) is 0 Å².